The Hall–Kier alpha value is -1.87. The van der Waals surface area contributed by atoms with E-state index in [4.69, 9.17) is 0 Å². The van der Waals surface area contributed by atoms with Crippen molar-refractivity contribution in [2.24, 2.45) is 0 Å². The molecular weight excluding hydrogens is 377 g/mol. The summed E-state index contributed by atoms with van der Waals surface area (Å²) in [5.74, 6) is -0.0185. The van der Waals surface area contributed by atoms with Crippen LogP contribution in [0, 0.1) is 13.8 Å². The van der Waals surface area contributed by atoms with Gasteiger partial charge in [-0.1, -0.05) is 0 Å². The van der Waals surface area contributed by atoms with Crippen molar-refractivity contribution in [3.63, 3.8) is 0 Å². The zero-order chi connectivity index (χ0) is 20.4. The van der Waals surface area contributed by atoms with Crippen LogP contribution in [0.15, 0.2) is 11.4 Å². The number of hydrogen-bond donors (Lipinski definition) is 2. The smallest absolute Gasteiger partial charge is 0.349 e. The van der Waals surface area contributed by atoms with E-state index in [1.165, 1.54) is 15.9 Å². The number of carbonyl (C=O) groups is 1. The predicted molar refractivity (Wildman–Crippen MR) is 99.8 cm³/mol. The maximum atomic E-state index is 12.8. The van der Waals surface area contributed by atoms with E-state index in [-0.39, 0.29) is 11.9 Å². The average molecular weight is 403 g/mol. The fourth-order valence-electron chi connectivity index (χ4n) is 2.97. The van der Waals surface area contributed by atoms with Gasteiger partial charge in [-0.3, -0.25) is 4.79 Å². The summed E-state index contributed by atoms with van der Waals surface area (Å²) < 4.78 is 39.6. The third-order valence-corrected chi connectivity index (χ3v) is 4.95. The molecule has 0 saturated heterocycles. The SMILES string of the molecule is Cc1cc(-c2csc(C[NH+](C)CC(=O)NC(C)C)n2)c(C)n1CC(F)(F)F. The average Bonchev–Trinajstić information content (AvgIpc) is 3.04. The molecule has 0 radical (unpaired) electrons. The van der Waals surface area contributed by atoms with Crippen molar-refractivity contribution in [3.8, 4) is 11.3 Å². The molecule has 27 heavy (non-hydrogen) atoms. The van der Waals surface area contributed by atoms with Crippen molar-refractivity contribution < 1.29 is 22.9 Å². The van der Waals surface area contributed by atoms with Gasteiger partial charge in [0.15, 0.2) is 6.54 Å². The number of nitrogens with zero attached hydrogens (tertiary/aromatic N) is 2. The lowest BCUT2D eigenvalue weighted by atomic mass is 10.2. The molecule has 0 aliphatic carbocycles. The Morgan fingerprint density at radius 3 is 2.63 bits per heavy atom. The summed E-state index contributed by atoms with van der Waals surface area (Å²) in [6, 6.07) is 1.84. The molecule has 1 atom stereocenters. The van der Waals surface area contributed by atoms with Crippen molar-refractivity contribution in [2.75, 3.05) is 13.6 Å². The van der Waals surface area contributed by atoms with Crippen LogP contribution in [0.5, 0.6) is 0 Å². The lowest BCUT2D eigenvalue weighted by molar-refractivity contribution is -0.885. The highest BCUT2D eigenvalue weighted by atomic mass is 32.1. The summed E-state index contributed by atoms with van der Waals surface area (Å²) in [4.78, 5) is 17.4. The molecule has 0 aromatic carbocycles. The van der Waals surface area contributed by atoms with Gasteiger partial charge in [-0.2, -0.15) is 13.2 Å². The van der Waals surface area contributed by atoms with Gasteiger partial charge in [0.05, 0.1) is 12.7 Å². The second-order valence-corrected chi connectivity index (χ2v) is 8.09. The van der Waals surface area contributed by atoms with Crippen molar-refractivity contribution in [3.05, 3.63) is 27.8 Å². The summed E-state index contributed by atoms with van der Waals surface area (Å²) in [5.41, 5.74) is 2.51. The maximum absolute atomic E-state index is 12.8. The molecule has 0 bridgehead atoms. The van der Waals surface area contributed by atoms with Gasteiger partial charge in [0.25, 0.3) is 5.91 Å². The Labute approximate surface area is 161 Å². The van der Waals surface area contributed by atoms with E-state index < -0.39 is 12.7 Å². The molecule has 2 rings (SSSR count). The van der Waals surface area contributed by atoms with Crippen LogP contribution >= 0.6 is 11.3 Å². The third kappa shape index (κ3) is 6.07. The molecule has 150 valence electrons. The molecule has 0 aliphatic heterocycles. The Balaban J connectivity index is 2.10. The number of aryl methyl sites for hydroxylation is 1. The van der Waals surface area contributed by atoms with Gasteiger partial charge < -0.3 is 14.8 Å². The van der Waals surface area contributed by atoms with Gasteiger partial charge in [-0.05, 0) is 33.8 Å². The number of aromatic nitrogens is 2. The molecule has 1 unspecified atom stereocenters. The number of amides is 1. The quantitative estimate of drug-likeness (QED) is 0.746. The third-order valence-electron chi connectivity index (χ3n) is 4.10. The number of alkyl halides is 3. The van der Waals surface area contributed by atoms with Gasteiger partial charge in [-0.15, -0.1) is 11.3 Å². The van der Waals surface area contributed by atoms with E-state index in [1.807, 2.05) is 26.3 Å². The van der Waals surface area contributed by atoms with E-state index in [1.54, 1.807) is 19.9 Å². The van der Waals surface area contributed by atoms with Gasteiger partial charge in [0.2, 0.25) is 0 Å². The normalized spacial score (nSPS) is 13.2. The van der Waals surface area contributed by atoms with E-state index in [0.29, 0.717) is 30.2 Å². The van der Waals surface area contributed by atoms with Gasteiger partial charge in [0, 0.05) is 28.4 Å². The molecule has 0 fully saturated rings. The zero-order valence-corrected chi connectivity index (χ0v) is 17.0. The van der Waals surface area contributed by atoms with Crippen molar-refractivity contribution in [2.45, 2.75) is 53.0 Å². The zero-order valence-electron chi connectivity index (χ0n) is 16.2. The highest BCUT2D eigenvalue weighted by Gasteiger charge is 2.30. The summed E-state index contributed by atoms with van der Waals surface area (Å²) in [7, 11) is 1.91. The van der Waals surface area contributed by atoms with E-state index in [9.17, 15) is 18.0 Å². The first-order chi connectivity index (χ1) is 12.5. The fraction of sp³-hybridized carbons (Fsp3) is 0.556. The van der Waals surface area contributed by atoms with Gasteiger partial charge in [-0.25, -0.2) is 4.98 Å². The molecule has 0 spiro atoms. The molecule has 0 aliphatic rings. The molecule has 2 N–H and O–H groups in total. The Morgan fingerprint density at radius 2 is 2.04 bits per heavy atom. The summed E-state index contributed by atoms with van der Waals surface area (Å²) in [6.45, 7) is 7.09. The molecule has 5 nitrogen and oxygen atoms in total. The minimum atomic E-state index is -4.26. The Morgan fingerprint density at radius 1 is 1.37 bits per heavy atom. The van der Waals surface area contributed by atoms with Crippen molar-refractivity contribution in [1.29, 1.82) is 0 Å². The van der Waals surface area contributed by atoms with Crippen LogP contribution in [0.3, 0.4) is 0 Å². The number of thiazole rings is 1. The molecular formula is C18H26F3N4OS+. The van der Waals surface area contributed by atoms with Crippen molar-refractivity contribution >= 4 is 17.2 Å². The van der Waals surface area contributed by atoms with E-state index >= 15 is 0 Å². The summed E-state index contributed by atoms with van der Waals surface area (Å²) in [6.07, 6.45) is -4.26. The first kappa shape index (κ1) is 21.4. The highest BCUT2D eigenvalue weighted by molar-refractivity contribution is 7.09. The number of rotatable bonds is 7. The largest absolute Gasteiger partial charge is 0.406 e. The monoisotopic (exact) mass is 403 g/mol. The lowest BCUT2D eigenvalue weighted by Gasteiger charge is -2.13. The molecule has 9 heteroatoms. The van der Waals surface area contributed by atoms with Gasteiger partial charge in [0.1, 0.15) is 18.1 Å². The van der Waals surface area contributed by atoms with Gasteiger partial charge >= 0.3 is 6.18 Å². The van der Waals surface area contributed by atoms with E-state index in [2.05, 4.69) is 10.3 Å². The second kappa shape index (κ2) is 8.43. The standard InChI is InChI=1S/C18H25F3N4OS/c1-11(2)22-16(26)7-24(5)8-17-23-15(9-27-17)14-6-12(3)25(13(14)4)10-18(19,20)21/h6,9,11H,7-8,10H2,1-5H3,(H,22,26)/p+1. The first-order valence-corrected chi connectivity index (χ1v) is 9.63. The first-order valence-electron chi connectivity index (χ1n) is 8.75. The second-order valence-electron chi connectivity index (χ2n) is 7.15. The molecule has 2 aromatic heterocycles. The summed E-state index contributed by atoms with van der Waals surface area (Å²) in [5, 5.41) is 5.56. The molecule has 2 heterocycles. The number of likely N-dealkylation sites (N-methyl/N-ethyl adjacent to an activating group) is 1. The summed E-state index contributed by atoms with van der Waals surface area (Å²) >= 11 is 1.46. The van der Waals surface area contributed by atoms with Crippen LogP contribution in [0.25, 0.3) is 11.3 Å². The predicted octanol–water partition coefficient (Wildman–Crippen LogP) is 2.33. The van der Waals surface area contributed by atoms with Crippen LogP contribution < -0.4 is 10.2 Å². The number of quaternary nitrogens is 1. The van der Waals surface area contributed by atoms with Crippen LogP contribution in [-0.4, -0.2) is 41.3 Å². The number of carbonyl (C=O) groups excluding carboxylic acids is 1. The Bertz CT molecular complexity index is 795. The van der Waals surface area contributed by atoms with Crippen LogP contribution in [0.2, 0.25) is 0 Å². The fourth-order valence-corrected chi connectivity index (χ4v) is 3.87. The number of halogens is 3. The number of nitrogens with one attached hydrogen (secondary N) is 2. The van der Waals surface area contributed by atoms with Crippen LogP contribution in [0.4, 0.5) is 13.2 Å². The molecule has 2 aromatic rings. The van der Waals surface area contributed by atoms with Crippen molar-refractivity contribution in [1.82, 2.24) is 14.9 Å². The highest BCUT2D eigenvalue weighted by Crippen LogP contribution is 2.30. The molecule has 1 amide bonds. The topological polar surface area (TPSA) is 51.4 Å². The molecule has 0 saturated carbocycles. The minimum absolute atomic E-state index is 0.0185. The lowest BCUT2D eigenvalue weighted by Crippen LogP contribution is -3.09. The number of hydrogen-bond acceptors (Lipinski definition) is 3. The van der Waals surface area contributed by atoms with E-state index in [0.717, 1.165) is 15.5 Å². The Kier molecular flexibility index (Phi) is 6.69. The maximum Gasteiger partial charge on any atom is 0.406 e. The van der Waals surface area contributed by atoms with Crippen LogP contribution in [0.1, 0.15) is 30.2 Å². The van der Waals surface area contributed by atoms with Crippen LogP contribution in [-0.2, 0) is 17.9 Å². The minimum Gasteiger partial charge on any atom is -0.349 e.